The van der Waals surface area contributed by atoms with E-state index in [9.17, 15) is 13.2 Å². The first-order chi connectivity index (χ1) is 9.41. The molecular formula is C12H10ClF3N4. The number of aromatic nitrogens is 2. The number of alkyl halides is 4. The van der Waals surface area contributed by atoms with Gasteiger partial charge in [0, 0.05) is 6.20 Å². The molecule has 106 valence electrons. The molecule has 8 heteroatoms. The van der Waals surface area contributed by atoms with Crippen LogP contribution in [0.4, 0.5) is 18.9 Å². The van der Waals surface area contributed by atoms with Gasteiger partial charge in [-0.05, 0) is 18.2 Å². The van der Waals surface area contributed by atoms with Gasteiger partial charge in [-0.25, -0.2) is 9.67 Å². The summed E-state index contributed by atoms with van der Waals surface area (Å²) >= 11 is 5.54. The van der Waals surface area contributed by atoms with E-state index in [1.807, 2.05) is 0 Å². The molecule has 0 saturated carbocycles. The van der Waals surface area contributed by atoms with E-state index in [0.29, 0.717) is 11.4 Å². The predicted octanol–water partition coefficient (Wildman–Crippen LogP) is 3.12. The first-order valence-corrected chi connectivity index (χ1v) is 6.06. The first kappa shape index (κ1) is 14.4. The number of hydrogen-bond acceptors (Lipinski definition) is 2. The molecule has 0 spiro atoms. The largest absolute Gasteiger partial charge is 0.435 e. The molecule has 1 heterocycles. The third-order valence-corrected chi connectivity index (χ3v) is 2.68. The van der Waals surface area contributed by atoms with Crippen LogP contribution in [0.25, 0.3) is 5.69 Å². The maximum absolute atomic E-state index is 12.5. The van der Waals surface area contributed by atoms with Crippen molar-refractivity contribution in [3.05, 3.63) is 42.2 Å². The summed E-state index contributed by atoms with van der Waals surface area (Å²) in [5.74, 6) is 0.198. The maximum atomic E-state index is 12.5. The monoisotopic (exact) mass is 302 g/mol. The van der Waals surface area contributed by atoms with Crippen LogP contribution in [0, 0.1) is 0 Å². The molecule has 0 radical (unpaired) electrons. The second kappa shape index (κ2) is 5.54. The number of halogens is 4. The summed E-state index contributed by atoms with van der Waals surface area (Å²) in [6, 6.07) is 7.46. The van der Waals surface area contributed by atoms with Gasteiger partial charge in [-0.15, -0.1) is 11.6 Å². The highest BCUT2D eigenvalue weighted by Crippen LogP contribution is 2.29. The molecule has 0 aliphatic rings. The Bertz CT molecular complexity index is 634. The van der Waals surface area contributed by atoms with Gasteiger partial charge in [-0.2, -0.15) is 18.3 Å². The van der Waals surface area contributed by atoms with E-state index in [4.69, 9.17) is 17.3 Å². The SMILES string of the molecule is NC(CCl)=Nc1ccccc1-n1ccc(C(F)(F)F)n1. The fraction of sp³-hybridized carbons (Fsp3) is 0.167. The van der Waals surface area contributed by atoms with Crippen LogP contribution in [0.2, 0.25) is 0 Å². The summed E-state index contributed by atoms with van der Waals surface area (Å²) in [5.41, 5.74) is 5.34. The minimum absolute atomic E-state index is 0.0290. The number of rotatable bonds is 3. The van der Waals surface area contributed by atoms with Crippen LogP contribution in [0.15, 0.2) is 41.5 Å². The average Bonchev–Trinajstić information content (AvgIpc) is 2.88. The number of aliphatic imine (C=N–C) groups is 1. The molecule has 0 fully saturated rings. The molecule has 20 heavy (non-hydrogen) atoms. The minimum Gasteiger partial charge on any atom is -0.386 e. The smallest absolute Gasteiger partial charge is 0.386 e. The lowest BCUT2D eigenvalue weighted by molar-refractivity contribution is -0.141. The van der Waals surface area contributed by atoms with Gasteiger partial charge in [-0.1, -0.05) is 12.1 Å². The van der Waals surface area contributed by atoms with Gasteiger partial charge in [0.25, 0.3) is 0 Å². The number of amidine groups is 1. The normalized spacial score (nSPS) is 12.7. The van der Waals surface area contributed by atoms with Crippen LogP contribution < -0.4 is 5.73 Å². The highest BCUT2D eigenvalue weighted by molar-refractivity contribution is 6.28. The number of para-hydroxylation sites is 2. The van der Waals surface area contributed by atoms with Crippen LogP contribution in [-0.4, -0.2) is 21.5 Å². The molecule has 0 aliphatic heterocycles. The van der Waals surface area contributed by atoms with Crippen LogP contribution >= 0.6 is 11.6 Å². The van der Waals surface area contributed by atoms with Crippen molar-refractivity contribution in [2.24, 2.45) is 10.7 Å². The Kier molecular flexibility index (Phi) is 3.99. The Hall–Kier alpha value is -2.02. The third-order valence-electron chi connectivity index (χ3n) is 2.41. The fourth-order valence-electron chi connectivity index (χ4n) is 1.55. The maximum Gasteiger partial charge on any atom is 0.435 e. The van der Waals surface area contributed by atoms with E-state index in [2.05, 4.69) is 10.1 Å². The van der Waals surface area contributed by atoms with Crippen LogP contribution in [-0.2, 0) is 6.18 Å². The molecule has 0 amide bonds. The third kappa shape index (κ3) is 3.11. The molecule has 0 unspecified atom stereocenters. The molecule has 2 N–H and O–H groups in total. The lowest BCUT2D eigenvalue weighted by Crippen LogP contribution is -2.12. The molecule has 2 aromatic rings. The summed E-state index contributed by atoms with van der Waals surface area (Å²) in [4.78, 5) is 4.05. The first-order valence-electron chi connectivity index (χ1n) is 5.53. The van der Waals surface area contributed by atoms with Gasteiger partial charge in [0.05, 0.1) is 17.3 Å². The molecule has 1 aromatic carbocycles. The zero-order chi connectivity index (χ0) is 14.8. The zero-order valence-electron chi connectivity index (χ0n) is 10.1. The van der Waals surface area contributed by atoms with Crippen molar-refractivity contribution in [2.45, 2.75) is 6.18 Å². The zero-order valence-corrected chi connectivity index (χ0v) is 10.9. The topological polar surface area (TPSA) is 56.2 Å². The number of benzene rings is 1. The predicted molar refractivity (Wildman–Crippen MR) is 70.6 cm³/mol. The van der Waals surface area contributed by atoms with Crippen LogP contribution in [0.5, 0.6) is 0 Å². The van der Waals surface area contributed by atoms with Gasteiger partial charge in [0.15, 0.2) is 5.69 Å². The Balaban J connectivity index is 2.46. The van der Waals surface area contributed by atoms with Crippen LogP contribution in [0.3, 0.4) is 0 Å². The standard InChI is InChI=1S/C12H10ClF3N4/c13-7-11(17)18-8-3-1-2-4-9(8)20-6-5-10(19-20)12(14,15)16/h1-6H,7H2,(H2,17,18). The lowest BCUT2D eigenvalue weighted by atomic mass is 10.2. The quantitative estimate of drug-likeness (QED) is 0.538. The van der Waals surface area contributed by atoms with Gasteiger partial charge >= 0.3 is 6.18 Å². The lowest BCUT2D eigenvalue weighted by Gasteiger charge is -2.06. The number of nitrogens with zero attached hydrogens (tertiary/aromatic N) is 3. The van der Waals surface area contributed by atoms with E-state index in [1.165, 1.54) is 6.20 Å². The molecule has 2 rings (SSSR count). The molecule has 0 aliphatic carbocycles. The molecule has 1 aromatic heterocycles. The second-order valence-electron chi connectivity index (χ2n) is 3.87. The summed E-state index contributed by atoms with van der Waals surface area (Å²) in [6.45, 7) is 0. The second-order valence-corrected chi connectivity index (χ2v) is 4.14. The van der Waals surface area contributed by atoms with Gasteiger partial charge in [0.1, 0.15) is 5.84 Å². The Labute approximate surface area is 117 Å². The van der Waals surface area contributed by atoms with E-state index < -0.39 is 11.9 Å². The van der Waals surface area contributed by atoms with E-state index in [-0.39, 0.29) is 11.7 Å². The van der Waals surface area contributed by atoms with Crippen molar-refractivity contribution >= 4 is 23.1 Å². The van der Waals surface area contributed by atoms with E-state index in [1.54, 1.807) is 24.3 Å². The van der Waals surface area contributed by atoms with Gasteiger partial charge in [0.2, 0.25) is 0 Å². The Morgan fingerprint density at radius 1 is 1.30 bits per heavy atom. The van der Waals surface area contributed by atoms with E-state index in [0.717, 1.165) is 10.7 Å². The van der Waals surface area contributed by atoms with Gasteiger partial charge in [-0.3, -0.25) is 0 Å². The van der Waals surface area contributed by atoms with Gasteiger partial charge < -0.3 is 5.73 Å². The van der Waals surface area contributed by atoms with Crippen molar-refractivity contribution < 1.29 is 13.2 Å². The molecule has 0 bridgehead atoms. The van der Waals surface area contributed by atoms with Crippen molar-refractivity contribution in [1.29, 1.82) is 0 Å². The summed E-state index contributed by atoms with van der Waals surface area (Å²) in [5, 5.41) is 3.49. The van der Waals surface area contributed by atoms with Crippen molar-refractivity contribution in [1.82, 2.24) is 9.78 Å². The molecule has 4 nitrogen and oxygen atoms in total. The highest BCUT2D eigenvalue weighted by Gasteiger charge is 2.33. The van der Waals surface area contributed by atoms with Crippen molar-refractivity contribution in [3.8, 4) is 5.69 Å². The Morgan fingerprint density at radius 3 is 2.60 bits per heavy atom. The number of nitrogens with two attached hydrogens (primary N) is 1. The molecular weight excluding hydrogens is 293 g/mol. The fourth-order valence-corrected chi connectivity index (χ4v) is 1.61. The highest BCUT2D eigenvalue weighted by atomic mass is 35.5. The van der Waals surface area contributed by atoms with Crippen molar-refractivity contribution in [3.63, 3.8) is 0 Å². The molecule has 0 atom stereocenters. The Morgan fingerprint density at radius 2 is 2.00 bits per heavy atom. The van der Waals surface area contributed by atoms with E-state index >= 15 is 0 Å². The number of hydrogen-bond donors (Lipinski definition) is 1. The summed E-state index contributed by atoms with van der Waals surface area (Å²) in [7, 11) is 0. The van der Waals surface area contributed by atoms with Crippen molar-refractivity contribution in [2.75, 3.05) is 5.88 Å². The summed E-state index contributed by atoms with van der Waals surface area (Å²) in [6.07, 6.45) is -3.27. The minimum atomic E-state index is -4.49. The molecule has 0 saturated heterocycles. The van der Waals surface area contributed by atoms with Crippen LogP contribution in [0.1, 0.15) is 5.69 Å². The average molecular weight is 303 g/mol. The summed E-state index contributed by atoms with van der Waals surface area (Å²) < 4.78 is 38.7.